The molecule has 1 fully saturated rings. The van der Waals surface area contributed by atoms with Crippen LogP contribution in [-0.2, 0) is 11.3 Å². The molecule has 4 aromatic rings. The number of carbonyl (C=O) groups excluding carboxylic acids is 1. The number of hydrogen-bond donors (Lipinski definition) is 1. The van der Waals surface area contributed by atoms with Gasteiger partial charge in [-0.25, -0.2) is 4.98 Å². The molecule has 1 saturated heterocycles. The normalized spacial score (nSPS) is 15.0. The van der Waals surface area contributed by atoms with Gasteiger partial charge < -0.3 is 14.6 Å². The lowest BCUT2D eigenvalue weighted by Crippen LogP contribution is -2.40. The number of hydrogen-bond acceptors (Lipinski definition) is 7. The summed E-state index contributed by atoms with van der Waals surface area (Å²) < 4.78 is 5.86. The molecule has 0 spiro atoms. The highest BCUT2D eigenvalue weighted by Crippen LogP contribution is 2.29. The molecule has 1 amide bonds. The van der Waals surface area contributed by atoms with Crippen molar-refractivity contribution in [2.24, 2.45) is 5.92 Å². The van der Waals surface area contributed by atoms with Crippen molar-refractivity contribution in [2.45, 2.75) is 26.3 Å². The van der Waals surface area contributed by atoms with E-state index in [4.69, 9.17) is 4.42 Å². The van der Waals surface area contributed by atoms with Gasteiger partial charge in [0.25, 0.3) is 6.01 Å². The summed E-state index contributed by atoms with van der Waals surface area (Å²) >= 11 is 3.34. The van der Waals surface area contributed by atoms with Crippen molar-refractivity contribution >= 4 is 45.7 Å². The number of thiophene rings is 1. The van der Waals surface area contributed by atoms with E-state index in [1.165, 1.54) is 0 Å². The Morgan fingerprint density at radius 1 is 1.20 bits per heavy atom. The number of para-hydroxylation sites is 2. The molecule has 8 heteroatoms. The number of thiazole rings is 1. The summed E-state index contributed by atoms with van der Waals surface area (Å²) in [5.74, 6) is 0.165. The predicted octanol–water partition coefficient (Wildman–Crippen LogP) is 4.85. The smallest absolute Gasteiger partial charge is 0.298 e. The Kier molecular flexibility index (Phi) is 5.26. The number of rotatable bonds is 5. The van der Waals surface area contributed by atoms with E-state index in [0.717, 1.165) is 57.5 Å². The van der Waals surface area contributed by atoms with Crippen LogP contribution in [0.2, 0.25) is 0 Å². The molecule has 0 saturated carbocycles. The third-order valence-corrected chi connectivity index (χ3v) is 7.27. The summed E-state index contributed by atoms with van der Waals surface area (Å²) in [6.07, 6.45) is 1.61. The fourth-order valence-corrected chi connectivity index (χ4v) is 5.33. The quantitative estimate of drug-likeness (QED) is 0.482. The number of aromatic nitrogens is 2. The van der Waals surface area contributed by atoms with Crippen LogP contribution in [0.3, 0.4) is 0 Å². The van der Waals surface area contributed by atoms with Crippen molar-refractivity contribution in [3.05, 3.63) is 51.7 Å². The molecule has 5 rings (SSSR count). The maximum Gasteiger partial charge on any atom is 0.298 e. The van der Waals surface area contributed by atoms with E-state index in [1.54, 1.807) is 22.7 Å². The number of piperidine rings is 1. The molecule has 0 radical (unpaired) electrons. The van der Waals surface area contributed by atoms with Crippen LogP contribution in [0, 0.1) is 12.8 Å². The van der Waals surface area contributed by atoms with Gasteiger partial charge in [0.2, 0.25) is 5.91 Å². The average Bonchev–Trinajstić information content (AvgIpc) is 3.51. The summed E-state index contributed by atoms with van der Waals surface area (Å²) in [7, 11) is 0. The average molecular weight is 439 g/mol. The molecule has 1 aliphatic heterocycles. The molecule has 30 heavy (non-hydrogen) atoms. The van der Waals surface area contributed by atoms with Gasteiger partial charge in [0.1, 0.15) is 5.52 Å². The lowest BCUT2D eigenvalue weighted by Gasteiger charge is -2.30. The third kappa shape index (κ3) is 3.97. The number of nitrogens with one attached hydrogen (secondary N) is 1. The molecular formula is C22H22N4O2S2. The number of benzene rings is 1. The number of anilines is 1. The van der Waals surface area contributed by atoms with Crippen LogP contribution in [0.1, 0.15) is 22.7 Å². The number of oxazole rings is 1. The second-order valence-corrected chi connectivity index (χ2v) is 9.69. The van der Waals surface area contributed by atoms with E-state index in [0.29, 0.717) is 12.6 Å². The second-order valence-electron chi connectivity index (χ2n) is 7.46. The number of fused-ring (bicyclic) bond motifs is 1. The van der Waals surface area contributed by atoms with Crippen LogP contribution in [0.4, 0.5) is 6.01 Å². The third-order valence-electron chi connectivity index (χ3n) is 5.39. The van der Waals surface area contributed by atoms with E-state index >= 15 is 0 Å². The minimum atomic E-state index is 0.0336. The summed E-state index contributed by atoms with van der Waals surface area (Å²) in [5, 5.41) is 6.26. The molecule has 4 heterocycles. The maximum atomic E-state index is 12.7. The van der Waals surface area contributed by atoms with Crippen LogP contribution in [0.5, 0.6) is 0 Å². The minimum Gasteiger partial charge on any atom is -0.423 e. The SMILES string of the molecule is Cc1nc(-c2ccc(CNC(=O)C3CCN(c4nc5ccccc5o4)CC3)s2)cs1. The number of amides is 1. The Balaban J connectivity index is 1.14. The highest BCUT2D eigenvalue weighted by Gasteiger charge is 2.27. The second kappa shape index (κ2) is 8.20. The first-order chi connectivity index (χ1) is 14.7. The zero-order valence-electron chi connectivity index (χ0n) is 16.6. The van der Waals surface area contributed by atoms with Crippen LogP contribution >= 0.6 is 22.7 Å². The predicted molar refractivity (Wildman–Crippen MR) is 121 cm³/mol. The topological polar surface area (TPSA) is 71.3 Å². The zero-order valence-corrected chi connectivity index (χ0v) is 18.3. The molecule has 6 nitrogen and oxygen atoms in total. The summed E-state index contributed by atoms with van der Waals surface area (Å²) in [5.41, 5.74) is 2.69. The van der Waals surface area contributed by atoms with Gasteiger partial charge in [-0.05, 0) is 44.0 Å². The molecule has 0 bridgehead atoms. The Morgan fingerprint density at radius 2 is 2.03 bits per heavy atom. The van der Waals surface area contributed by atoms with Crippen molar-refractivity contribution in [1.82, 2.24) is 15.3 Å². The fourth-order valence-electron chi connectivity index (χ4n) is 3.73. The van der Waals surface area contributed by atoms with Gasteiger partial charge in [-0.15, -0.1) is 22.7 Å². The summed E-state index contributed by atoms with van der Waals surface area (Å²) in [4.78, 5) is 26.2. The molecule has 1 aliphatic rings. The lowest BCUT2D eigenvalue weighted by molar-refractivity contribution is -0.125. The molecule has 0 unspecified atom stereocenters. The van der Waals surface area contributed by atoms with Gasteiger partial charge >= 0.3 is 0 Å². The fraction of sp³-hybridized carbons (Fsp3) is 0.318. The van der Waals surface area contributed by atoms with E-state index in [2.05, 4.69) is 37.7 Å². The van der Waals surface area contributed by atoms with E-state index in [1.807, 2.05) is 31.2 Å². The maximum absolute atomic E-state index is 12.7. The Labute approximate surface area is 182 Å². The van der Waals surface area contributed by atoms with Gasteiger partial charge in [0, 0.05) is 29.3 Å². The minimum absolute atomic E-state index is 0.0336. The van der Waals surface area contributed by atoms with Crippen molar-refractivity contribution in [3.63, 3.8) is 0 Å². The molecule has 1 N–H and O–H groups in total. The van der Waals surface area contributed by atoms with E-state index < -0.39 is 0 Å². The van der Waals surface area contributed by atoms with Crippen LogP contribution < -0.4 is 10.2 Å². The van der Waals surface area contributed by atoms with Crippen molar-refractivity contribution < 1.29 is 9.21 Å². The first-order valence-corrected chi connectivity index (χ1v) is 11.7. The van der Waals surface area contributed by atoms with E-state index in [9.17, 15) is 4.79 Å². The van der Waals surface area contributed by atoms with Crippen molar-refractivity contribution in [3.8, 4) is 10.6 Å². The van der Waals surface area contributed by atoms with Crippen LogP contribution in [-0.4, -0.2) is 29.0 Å². The summed E-state index contributed by atoms with van der Waals surface area (Å²) in [6, 6.07) is 12.6. The van der Waals surface area contributed by atoms with Gasteiger partial charge in [0.15, 0.2) is 5.58 Å². The first-order valence-electron chi connectivity index (χ1n) is 10.0. The van der Waals surface area contributed by atoms with Crippen LogP contribution in [0.25, 0.3) is 21.7 Å². The number of aryl methyl sites for hydroxylation is 1. The number of nitrogens with zero attached hydrogens (tertiary/aromatic N) is 3. The Morgan fingerprint density at radius 3 is 2.80 bits per heavy atom. The van der Waals surface area contributed by atoms with Crippen molar-refractivity contribution in [1.29, 1.82) is 0 Å². The molecule has 0 aliphatic carbocycles. The molecular weight excluding hydrogens is 416 g/mol. The zero-order chi connectivity index (χ0) is 20.5. The highest BCUT2D eigenvalue weighted by atomic mass is 32.1. The summed E-state index contributed by atoms with van der Waals surface area (Å²) in [6.45, 7) is 4.13. The standard InChI is InChI=1S/C22H22N4O2S2/c1-14-24-18(13-29-14)20-7-6-16(30-20)12-23-21(27)15-8-10-26(11-9-15)22-25-17-4-2-3-5-19(17)28-22/h2-7,13,15H,8-12H2,1H3,(H,23,27). The largest absolute Gasteiger partial charge is 0.423 e. The van der Waals surface area contributed by atoms with E-state index in [-0.39, 0.29) is 11.8 Å². The molecule has 1 aromatic carbocycles. The van der Waals surface area contributed by atoms with Crippen LogP contribution in [0.15, 0.2) is 46.2 Å². The molecule has 0 atom stereocenters. The molecule has 3 aromatic heterocycles. The van der Waals surface area contributed by atoms with Gasteiger partial charge in [-0.1, -0.05) is 12.1 Å². The monoisotopic (exact) mass is 438 g/mol. The number of carbonyl (C=O) groups is 1. The Bertz CT molecular complexity index is 1140. The molecule has 154 valence electrons. The first kappa shape index (κ1) is 19.3. The highest BCUT2D eigenvalue weighted by molar-refractivity contribution is 7.16. The Hall–Kier alpha value is -2.71. The lowest BCUT2D eigenvalue weighted by atomic mass is 9.96. The van der Waals surface area contributed by atoms with Gasteiger partial charge in [-0.3, -0.25) is 4.79 Å². The van der Waals surface area contributed by atoms with Gasteiger partial charge in [0.05, 0.1) is 22.1 Å². The van der Waals surface area contributed by atoms with Crippen molar-refractivity contribution in [2.75, 3.05) is 18.0 Å². The van der Waals surface area contributed by atoms with Gasteiger partial charge in [-0.2, -0.15) is 4.98 Å².